The van der Waals surface area contributed by atoms with Crippen LogP contribution in [0.4, 0.5) is 0 Å². The molecule has 1 heterocycles. The minimum atomic E-state index is 0.201. The van der Waals surface area contributed by atoms with Gasteiger partial charge in [0.1, 0.15) is 6.17 Å². The smallest absolute Gasteiger partial charge is 0.106 e. The summed E-state index contributed by atoms with van der Waals surface area (Å²) >= 11 is 0. The second-order valence-corrected chi connectivity index (χ2v) is 10.1. The quantitative estimate of drug-likeness (QED) is 0.465. The fraction of sp³-hybridized carbons (Fsp3) is 0.704. The van der Waals surface area contributed by atoms with Crippen molar-refractivity contribution in [1.29, 1.82) is 0 Å². The second kappa shape index (κ2) is 9.14. The van der Waals surface area contributed by atoms with E-state index < -0.39 is 0 Å². The van der Waals surface area contributed by atoms with Gasteiger partial charge in [-0.05, 0) is 49.7 Å². The van der Waals surface area contributed by atoms with Gasteiger partial charge in [-0.15, -0.1) is 0 Å². The largest absolute Gasteiger partial charge is 0.352 e. The average molecular weight is 397 g/mol. The zero-order chi connectivity index (χ0) is 21.2. The number of hydrogen-bond acceptors (Lipinski definition) is 2. The summed E-state index contributed by atoms with van der Waals surface area (Å²) < 4.78 is 0. The molecule has 3 aliphatic rings. The molecule has 29 heavy (non-hydrogen) atoms. The highest BCUT2D eigenvalue weighted by Crippen LogP contribution is 2.44. The molecule has 2 heteroatoms. The number of allylic oxidation sites excluding steroid dienone is 8. The molecule has 2 aliphatic carbocycles. The van der Waals surface area contributed by atoms with Crippen LogP contribution in [0.1, 0.15) is 87.0 Å². The maximum absolute atomic E-state index is 2.82. The molecule has 1 saturated heterocycles. The second-order valence-electron chi connectivity index (χ2n) is 10.1. The molecule has 0 saturated carbocycles. The van der Waals surface area contributed by atoms with Gasteiger partial charge in [-0.1, -0.05) is 72.8 Å². The first kappa shape index (κ1) is 22.2. The first-order valence-corrected chi connectivity index (χ1v) is 12.2. The molecular weight excluding hydrogens is 352 g/mol. The minimum Gasteiger partial charge on any atom is -0.352 e. The Bertz CT molecular complexity index is 647. The van der Waals surface area contributed by atoms with Crippen molar-refractivity contribution in [2.75, 3.05) is 13.1 Å². The van der Waals surface area contributed by atoms with Crippen LogP contribution in [0.15, 0.2) is 46.8 Å². The molecule has 0 radical (unpaired) electrons. The topological polar surface area (TPSA) is 6.48 Å². The van der Waals surface area contributed by atoms with E-state index in [9.17, 15) is 0 Å². The van der Waals surface area contributed by atoms with Crippen molar-refractivity contribution in [3.63, 3.8) is 0 Å². The third-order valence-corrected chi connectivity index (χ3v) is 7.22. The number of hydrogen-bond donors (Lipinski definition) is 0. The van der Waals surface area contributed by atoms with Gasteiger partial charge in [0.05, 0.1) is 0 Å². The summed E-state index contributed by atoms with van der Waals surface area (Å²) in [5, 5.41) is 0. The van der Waals surface area contributed by atoms with Crippen LogP contribution in [0, 0.1) is 17.3 Å². The molecule has 0 amide bonds. The summed E-state index contributed by atoms with van der Waals surface area (Å²) in [5.74, 6) is 1.35. The van der Waals surface area contributed by atoms with E-state index in [1.165, 1.54) is 25.7 Å². The first-order chi connectivity index (χ1) is 13.9. The molecule has 0 bridgehead atoms. The zero-order valence-corrected chi connectivity index (χ0v) is 20.1. The Balaban J connectivity index is 2.09. The van der Waals surface area contributed by atoms with Crippen LogP contribution in [-0.4, -0.2) is 29.1 Å². The highest BCUT2D eigenvalue weighted by molar-refractivity contribution is 5.35. The molecule has 3 rings (SSSR count). The predicted octanol–water partition coefficient (Wildman–Crippen LogP) is 7.28. The molecule has 0 aromatic heterocycles. The Morgan fingerprint density at radius 2 is 1.17 bits per heavy atom. The summed E-state index contributed by atoms with van der Waals surface area (Å²) in [6, 6.07) is 0. The van der Waals surface area contributed by atoms with Crippen molar-refractivity contribution in [1.82, 2.24) is 9.80 Å². The molecule has 0 spiro atoms. The van der Waals surface area contributed by atoms with Crippen molar-refractivity contribution in [3.8, 4) is 0 Å². The fourth-order valence-corrected chi connectivity index (χ4v) is 5.89. The molecule has 0 aromatic carbocycles. The van der Waals surface area contributed by atoms with E-state index in [2.05, 4.69) is 82.6 Å². The van der Waals surface area contributed by atoms with Crippen LogP contribution >= 0.6 is 0 Å². The van der Waals surface area contributed by atoms with Crippen LogP contribution in [0.3, 0.4) is 0 Å². The van der Waals surface area contributed by atoms with E-state index in [4.69, 9.17) is 0 Å². The number of rotatable bonds is 6. The Labute approximate surface area is 180 Å². The first-order valence-electron chi connectivity index (χ1n) is 12.2. The van der Waals surface area contributed by atoms with Crippen LogP contribution in [0.2, 0.25) is 0 Å². The van der Waals surface area contributed by atoms with Gasteiger partial charge in [0, 0.05) is 41.7 Å². The van der Waals surface area contributed by atoms with Crippen molar-refractivity contribution < 1.29 is 0 Å². The minimum absolute atomic E-state index is 0.201. The van der Waals surface area contributed by atoms with Crippen molar-refractivity contribution in [2.45, 2.75) is 93.2 Å². The fourth-order valence-electron chi connectivity index (χ4n) is 5.89. The molecule has 0 N–H and O–H groups in total. The third-order valence-electron chi connectivity index (χ3n) is 7.22. The Kier molecular flexibility index (Phi) is 7.02. The molecule has 0 aromatic rings. The van der Waals surface area contributed by atoms with Crippen molar-refractivity contribution >= 4 is 0 Å². The lowest BCUT2D eigenvalue weighted by molar-refractivity contribution is 0.0624. The molecule has 1 fully saturated rings. The van der Waals surface area contributed by atoms with E-state index in [1.54, 1.807) is 22.5 Å². The van der Waals surface area contributed by atoms with Gasteiger partial charge in [0.25, 0.3) is 0 Å². The summed E-state index contributed by atoms with van der Waals surface area (Å²) in [6.07, 6.45) is 17.2. The van der Waals surface area contributed by atoms with Gasteiger partial charge in [-0.25, -0.2) is 0 Å². The van der Waals surface area contributed by atoms with Crippen molar-refractivity contribution in [3.05, 3.63) is 46.8 Å². The van der Waals surface area contributed by atoms with Gasteiger partial charge in [-0.2, -0.15) is 0 Å². The Morgan fingerprint density at radius 3 is 1.48 bits per heavy atom. The lowest BCUT2D eigenvalue weighted by Gasteiger charge is -2.47. The lowest BCUT2D eigenvalue weighted by Crippen LogP contribution is -2.49. The van der Waals surface area contributed by atoms with E-state index in [0.29, 0.717) is 18.0 Å². The predicted molar refractivity (Wildman–Crippen MR) is 126 cm³/mol. The van der Waals surface area contributed by atoms with Gasteiger partial charge in [0.2, 0.25) is 0 Å². The zero-order valence-electron chi connectivity index (χ0n) is 20.1. The SMILES string of the molecule is CCC1=C(N2CCN(C3=C(CC)C=CCC3CC)C2C(C)(C)C)C(CC)CC=C1. The lowest BCUT2D eigenvalue weighted by atomic mass is 9.83. The Hall–Kier alpha value is -1.44. The van der Waals surface area contributed by atoms with Crippen LogP contribution < -0.4 is 0 Å². The molecule has 2 unspecified atom stereocenters. The molecule has 2 atom stereocenters. The van der Waals surface area contributed by atoms with E-state index in [0.717, 1.165) is 25.9 Å². The van der Waals surface area contributed by atoms with Crippen LogP contribution in [-0.2, 0) is 0 Å². The number of nitrogens with zero attached hydrogens (tertiary/aromatic N) is 2. The van der Waals surface area contributed by atoms with Gasteiger partial charge >= 0.3 is 0 Å². The normalized spacial score (nSPS) is 28.2. The summed E-state index contributed by atoms with van der Waals surface area (Å²) in [6.45, 7) is 19.0. The van der Waals surface area contributed by atoms with Gasteiger partial charge < -0.3 is 9.80 Å². The van der Waals surface area contributed by atoms with E-state index >= 15 is 0 Å². The maximum atomic E-state index is 2.82. The van der Waals surface area contributed by atoms with Gasteiger partial charge in [0.15, 0.2) is 0 Å². The monoisotopic (exact) mass is 396 g/mol. The third kappa shape index (κ3) is 4.23. The van der Waals surface area contributed by atoms with Crippen LogP contribution in [0.5, 0.6) is 0 Å². The average Bonchev–Trinajstić information content (AvgIpc) is 3.17. The highest BCUT2D eigenvalue weighted by Gasteiger charge is 2.45. The Morgan fingerprint density at radius 1 is 0.759 bits per heavy atom. The summed E-state index contributed by atoms with van der Waals surface area (Å²) in [7, 11) is 0. The van der Waals surface area contributed by atoms with Gasteiger partial charge in [-0.3, -0.25) is 0 Å². The molecule has 162 valence electrons. The molecule has 1 aliphatic heterocycles. The highest BCUT2D eigenvalue weighted by atomic mass is 15.4. The maximum Gasteiger partial charge on any atom is 0.106 e. The van der Waals surface area contributed by atoms with E-state index in [-0.39, 0.29) is 5.41 Å². The molecule has 2 nitrogen and oxygen atoms in total. The van der Waals surface area contributed by atoms with E-state index in [1.807, 2.05) is 0 Å². The van der Waals surface area contributed by atoms with Crippen LogP contribution in [0.25, 0.3) is 0 Å². The van der Waals surface area contributed by atoms with Crippen molar-refractivity contribution in [2.24, 2.45) is 17.3 Å². The summed E-state index contributed by atoms with van der Waals surface area (Å²) in [4.78, 5) is 5.64. The molecular formula is C27H44N2. The summed E-state index contributed by atoms with van der Waals surface area (Å²) in [5.41, 5.74) is 6.64. The standard InChI is InChI=1S/C27H44N2/c1-8-20-14-12-15-21(9-2)24(20)28-18-19-29(26(28)27(5,6)7)25-22(10-3)16-13-17-23(25)11-4/h12-14,16,21,23,26H,8-11,15,17-19H2,1-7H3.